The van der Waals surface area contributed by atoms with Gasteiger partial charge in [0, 0.05) is 18.0 Å². The topological polar surface area (TPSA) is 105 Å². The van der Waals surface area contributed by atoms with E-state index in [0.717, 1.165) is 51.7 Å². The molecule has 3 rings (SSSR count). The molecule has 3 aromatic rings. The van der Waals surface area contributed by atoms with Crippen molar-refractivity contribution < 1.29 is 59.6 Å². The molecule has 0 fully saturated rings. The van der Waals surface area contributed by atoms with Crippen LogP contribution in [0.25, 0.3) is 0 Å². The maximum absolute atomic E-state index is 13.7. The number of esters is 1. The van der Waals surface area contributed by atoms with Crippen molar-refractivity contribution in [2.45, 2.75) is 12.5 Å². The second kappa shape index (κ2) is 11.4. The first-order valence-electron chi connectivity index (χ1n) is 10.5. The fraction of sp³-hybridized carbons (Fsp3) is 0.208. The Bertz CT molecular complexity index is 1380. The minimum Gasteiger partial charge on any atom is -0.496 e. The lowest BCUT2D eigenvalue weighted by Gasteiger charge is -2.19. The van der Waals surface area contributed by atoms with Crippen LogP contribution >= 0.6 is 0 Å². The molecule has 1 aromatic heterocycles. The molecular formula is C24H18F6N2O7. The molecule has 1 amide bonds. The molecule has 1 N–H and O–H groups in total. The Morgan fingerprint density at radius 1 is 0.821 bits per heavy atom. The van der Waals surface area contributed by atoms with Gasteiger partial charge in [-0.3, -0.25) is 4.79 Å². The van der Waals surface area contributed by atoms with Gasteiger partial charge in [0.05, 0.1) is 26.9 Å². The predicted molar refractivity (Wildman–Crippen MR) is 121 cm³/mol. The van der Waals surface area contributed by atoms with Gasteiger partial charge in [-0.25, -0.2) is 9.78 Å². The van der Waals surface area contributed by atoms with Crippen LogP contribution < -0.4 is 24.3 Å². The predicted octanol–water partition coefficient (Wildman–Crippen LogP) is 5.85. The maximum Gasteiger partial charge on any atom is 0.573 e. The number of hydrogen-bond acceptors (Lipinski definition) is 8. The standard InChI is InChI=1S/C24H18F6N2O7/c1-35-19-10-14(21(33)32-12-6-7-31-16(8-12)22(34)37-3)18(11-15(19)23(25,26)27)38-17-5-4-13(9-20(17)36-2)39-24(28,29)30/h4-11H,1-3H3,(H,31,32,33). The number of carbonyl (C=O) groups excluding carboxylic acids is 2. The van der Waals surface area contributed by atoms with E-state index >= 15 is 0 Å². The average molecular weight is 560 g/mol. The monoisotopic (exact) mass is 560 g/mol. The van der Waals surface area contributed by atoms with E-state index in [1.807, 2.05) is 0 Å². The molecule has 0 unspecified atom stereocenters. The number of rotatable bonds is 8. The molecule has 0 bridgehead atoms. The van der Waals surface area contributed by atoms with E-state index in [2.05, 4.69) is 19.8 Å². The molecule has 1 heterocycles. The van der Waals surface area contributed by atoms with Crippen LogP contribution in [-0.2, 0) is 10.9 Å². The SMILES string of the molecule is COC(=O)c1cc(NC(=O)c2cc(OC)c(C(F)(F)F)cc2Oc2ccc(OC(F)(F)F)cc2OC)ccn1. The van der Waals surface area contributed by atoms with E-state index in [-0.39, 0.29) is 22.9 Å². The number of halogens is 6. The number of nitrogens with one attached hydrogen (secondary N) is 1. The fourth-order valence-corrected chi connectivity index (χ4v) is 3.18. The molecule has 0 atom stereocenters. The Kier molecular flexibility index (Phi) is 8.42. The van der Waals surface area contributed by atoms with Crippen LogP contribution in [-0.4, -0.2) is 44.6 Å². The minimum absolute atomic E-state index is 0.0337. The van der Waals surface area contributed by atoms with Crippen molar-refractivity contribution in [3.05, 3.63) is 65.5 Å². The summed E-state index contributed by atoms with van der Waals surface area (Å²) in [5, 5.41) is 2.40. The van der Waals surface area contributed by atoms with Crippen molar-refractivity contribution in [3.63, 3.8) is 0 Å². The molecule has 0 radical (unpaired) electrons. The first-order chi connectivity index (χ1) is 18.2. The number of anilines is 1. The second-order valence-corrected chi connectivity index (χ2v) is 7.38. The van der Waals surface area contributed by atoms with E-state index in [9.17, 15) is 35.9 Å². The Hall–Kier alpha value is -4.69. The normalized spacial score (nSPS) is 11.4. The Balaban J connectivity index is 2.07. The third-order valence-corrected chi connectivity index (χ3v) is 4.85. The fourth-order valence-electron chi connectivity index (χ4n) is 3.18. The Morgan fingerprint density at radius 3 is 2.10 bits per heavy atom. The summed E-state index contributed by atoms with van der Waals surface area (Å²) in [6.07, 6.45) is -8.77. The smallest absolute Gasteiger partial charge is 0.496 e. The number of carbonyl (C=O) groups is 2. The summed E-state index contributed by atoms with van der Waals surface area (Å²) in [7, 11) is 3.15. The molecule has 0 aliphatic carbocycles. The Labute approximate surface area is 216 Å². The summed E-state index contributed by atoms with van der Waals surface area (Å²) >= 11 is 0. The molecule has 0 saturated carbocycles. The van der Waals surface area contributed by atoms with Crippen LogP contribution in [0.15, 0.2) is 48.7 Å². The molecule has 2 aromatic carbocycles. The summed E-state index contributed by atoms with van der Waals surface area (Å²) in [4.78, 5) is 28.6. The molecule has 0 aliphatic heterocycles. The minimum atomic E-state index is -5.02. The van der Waals surface area contributed by atoms with Crippen molar-refractivity contribution in [2.75, 3.05) is 26.6 Å². The van der Waals surface area contributed by atoms with Crippen LogP contribution in [0.5, 0.6) is 28.7 Å². The highest BCUT2D eigenvalue weighted by Crippen LogP contribution is 2.43. The molecule has 39 heavy (non-hydrogen) atoms. The zero-order chi connectivity index (χ0) is 29.0. The number of pyridine rings is 1. The number of alkyl halides is 6. The summed E-state index contributed by atoms with van der Waals surface area (Å²) < 4.78 is 103. The van der Waals surface area contributed by atoms with E-state index in [0.29, 0.717) is 6.07 Å². The summed E-state index contributed by atoms with van der Waals surface area (Å²) in [5.74, 6) is -4.53. The average Bonchev–Trinajstić information content (AvgIpc) is 2.87. The lowest BCUT2D eigenvalue weighted by molar-refractivity contribution is -0.274. The number of methoxy groups -OCH3 is 3. The zero-order valence-electron chi connectivity index (χ0n) is 20.2. The first kappa shape index (κ1) is 28.9. The number of ether oxygens (including phenoxy) is 5. The highest BCUT2D eigenvalue weighted by atomic mass is 19.4. The lowest BCUT2D eigenvalue weighted by Crippen LogP contribution is -2.17. The summed E-state index contributed by atoms with van der Waals surface area (Å²) in [6, 6.07) is 6.29. The van der Waals surface area contributed by atoms with Gasteiger partial charge in [0.25, 0.3) is 5.91 Å². The first-order valence-corrected chi connectivity index (χ1v) is 10.5. The number of nitrogens with zero attached hydrogens (tertiary/aromatic N) is 1. The van der Waals surface area contributed by atoms with Crippen molar-refractivity contribution in [2.24, 2.45) is 0 Å². The summed E-state index contributed by atoms with van der Waals surface area (Å²) in [6.45, 7) is 0. The number of benzene rings is 2. The molecule has 9 nitrogen and oxygen atoms in total. The number of amides is 1. The zero-order valence-corrected chi connectivity index (χ0v) is 20.2. The van der Waals surface area contributed by atoms with E-state index in [1.54, 1.807) is 0 Å². The van der Waals surface area contributed by atoms with Gasteiger partial charge < -0.3 is 29.0 Å². The number of aromatic nitrogens is 1. The maximum atomic E-state index is 13.7. The van der Waals surface area contributed by atoms with Crippen molar-refractivity contribution >= 4 is 17.6 Å². The highest BCUT2D eigenvalue weighted by molar-refractivity contribution is 6.07. The molecular weight excluding hydrogens is 542 g/mol. The van der Waals surface area contributed by atoms with Crippen molar-refractivity contribution in [1.82, 2.24) is 4.98 Å². The van der Waals surface area contributed by atoms with Gasteiger partial charge in [-0.05, 0) is 36.4 Å². The van der Waals surface area contributed by atoms with Gasteiger partial charge >= 0.3 is 18.5 Å². The van der Waals surface area contributed by atoms with Crippen molar-refractivity contribution in [1.29, 1.82) is 0 Å². The van der Waals surface area contributed by atoms with E-state index in [4.69, 9.17) is 14.2 Å². The molecule has 0 saturated heterocycles. The Morgan fingerprint density at radius 2 is 1.51 bits per heavy atom. The quantitative estimate of drug-likeness (QED) is 0.270. The number of hydrogen-bond donors (Lipinski definition) is 1. The van der Waals surface area contributed by atoms with Gasteiger partial charge in [0.1, 0.15) is 28.5 Å². The van der Waals surface area contributed by atoms with E-state index in [1.165, 1.54) is 12.3 Å². The second-order valence-electron chi connectivity index (χ2n) is 7.38. The van der Waals surface area contributed by atoms with Crippen LogP contribution in [0.2, 0.25) is 0 Å². The highest BCUT2D eigenvalue weighted by Gasteiger charge is 2.37. The lowest BCUT2D eigenvalue weighted by atomic mass is 10.1. The van der Waals surface area contributed by atoms with Crippen LogP contribution in [0.4, 0.5) is 32.0 Å². The summed E-state index contributed by atoms with van der Waals surface area (Å²) in [5.41, 5.74) is -1.90. The molecule has 0 spiro atoms. The van der Waals surface area contributed by atoms with E-state index < -0.39 is 52.8 Å². The van der Waals surface area contributed by atoms with Crippen LogP contribution in [0.1, 0.15) is 26.4 Å². The van der Waals surface area contributed by atoms with Gasteiger partial charge in [-0.1, -0.05) is 0 Å². The largest absolute Gasteiger partial charge is 0.573 e. The van der Waals surface area contributed by atoms with Crippen LogP contribution in [0.3, 0.4) is 0 Å². The van der Waals surface area contributed by atoms with Gasteiger partial charge in [-0.15, -0.1) is 13.2 Å². The third-order valence-electron chi connectivity index (χ3n) is 4.85. The third kappa shape index (κ3) is 7.21. The van der Waals surface area contributed by atoms with Gasteiger partial charge in [0.2, 0.25) is 0 Å². The molecule has 208 valence electrons. The van der Waals surface area contributed by atoms with Crippen molar-refractivity contribution in [3.8, 4) is 28.7 Å². The van der Waals surface area contributed by atoms with Crippen LogP contribution in [0, 0.1) is 0 Å². The van der Waals surface area contributed by atoms with Gasteiger partial charge in [-0.2, -0.15) is 13.2 Å². The molecule has 0 aliphatic rings. The van der Waals surface area contributed by atoms with Gasteiger partial charge in [0.15, 0.2) is 11.5 Å². The molecule has 15 heteroatoms.